The minimum absolute atomic E-state index is 0.363. The molecule has 0 spiro atoms. The Bertz CT molecular complexity index is 176. The third kappa shape index (κ3) is 5.17. The monoisotopic (exact) mass is 212 g/mol. The average molecular weight is 212 g/mol. The van der Waals surface area contributed by atoms with Crippen LogP contribution in [0.1, 0.15) is 51.4 Å². The lowest BCUT2D eigenvalue weighted by Gasteiger charge is -2.26. The Kier molecular flexibility index (Phi) is 6.41. The van der Waals surface area contributed by atoms with Gasteiger partial charge >= 0.3 is 0 Å². The first-order valence-corrected chi connectivity index (χ1v) is 6.32. The number of carbonyl (C=O) groups excluding carboxylic acids is 1. The van der Waals surface area contributed by atoms with Crippen LogP contribution in [0.15, 0.2) is 0 Å². The maximum absolute atomic E-state index is 11.7. The van der Waals surface area contributed by atoms with Gasteiger partial charge in [0.25, 0.3) is 0 Å². The summed E-state index contributed by atoms with van der Waals surface area (Å²) in [6.45, 7) is 2.75. The Morgan fingerprint density at radius 1 is 1.00 bits per heavy atom. The standard InChI is InChI=1S/C12H24N2O/c13-9-5-2-1-4-8-12(15)14-10-6-3-7-11-14/h1-11,13H2. The number of unbranched alkanes of at least 4 members (excludes halogenated alkanes) is 3. The second-order valence-corrected chi connectivity index (χ2v) is 4.39. The lowest BCUT2D eigenvalue weighted by molar-refractivity contribution is -0.132. The molecule has 3 heteroatoms. The minimum atomic E-state index is 0.363. The summed E-state index contributed by atoms with van der Waals surface area (Å²) in [6.07, 6.45) is 8.87. The highest BCUT2D eigenvalue weighted by Gasteiger charge is 2.15. The van der Waals surface area contributed by atoms with Crippen molar-refractivity contribution < 1.29 is 4.79 Å². The number of nitrogens with zero attached hydrogens (tertiary/aromatic N) is 1. The average Bonchev–Trinajstić information content (AvgIpc) is 2.30. The number of rotatable bonds is 6. The molecule has 0 saturated carbocycles. The van der Waals surface area contributed by atoms with Crippen molar-refractivity contribution in [3.63, 3.8) is 0 Å². The summed E-state index contributed by atoms with van der Waals surface area (Å²) in [5.41, 5.74) is 5.41. The summed E-state index contributed by atoms with van der Waals surface area (Å²) in [6, 6.07) is 0. The molecule has 0 aromatic heterocycles. The van der Waals surface area contributed by atoms with Gasteiger partial charge in [-0.15, -0.1) is 0 Å². The number of piperidine rings is 1. The van der Waals surface area contributed by atoms with E-state index in [1.54, 1.807) is 0 Å². The molecule has 0 aromatic carbocycles. The molecule has 1 fully saturated rings. The quantitative estimate of drug-likeness (QED) is 0.684. The smallest absolute Gasteiger partial charge is 0.222 e. The Balaban J connectivity index is 2.02. The zero-order chi connectivity index (χ0) is 10.9. The molecule has 0 aromatic rings. The predicted octanol–water partition coefficient (Wildman–Crippen LogP) is 1.91. The van der Waals surface area contributed by atoms with E-state index >= 15 is 0 Å². The minimum Gasteiger partial charge on any atom is -0.343 e. The fraction of sp³-hybridized carbons (Fsp3) is 0.917. The van der Waals surface area contributed by atoms with E-state index in [4.69, 9.17) is 5.73 Å². The molecule has 0 atom stereocenters. The molecule has 1 aliphatic heterocycles. The Morgan fingerprint density at radius 3 is 2.33 bits per heavy atom. The first-order chi connectivity index (χ1) is 7.34. The van der Waals surface area contributed by atoms with E-state index < -0.39 is 0 Å². The van der Waals surface area contributed by atoms with Crippen LogP contribution in [0.4, 0.5) is 0 Å². The fourth-order valence-corrected chi connectivity index (χ4v) is 2.08. The summed E-state index contributed by atoms with van der Waals surface area (Å²) < 4.78 is 0. The van der Waals surface area contributed by atoms with Crippen molar-refractivity contribution in [3.05, 3.63) is 0 Å². The topological polar surface area (TPSA) is 46.3 Å². The van der Waals surface area contributed by atoms with Gasteiger partial charge in [-0.05, 0) is 38.6 Å². The molecule has 15 heavy (non-hydrogen) atoms. The lowest BCUT2D eigenvalue weighted by atomic mass is 10.1. The lowest BCUT2D eigenvalue weighted by Crippen LogP contribution is -2.35. The van der Waals surface area contributed by atoms with Crippen LogP contribution in [0.3, 0.4) is 0 Å². The molecule has 1 aliphatic rings. The largest absolute Gasteiger partial charge is 0.343 e. The van der Waals surface area contributed by atoms with Gasteiger partial charge in [0.15, 0.2) is 0 Å². The number of likely N-dealkylation sites (tertiary alicyclic amines) is 1. The van der Waals surface area contributed by atoms with Crippen LogP contribution in [0.5, 0.6) is 0 Å². The van der Waals surface area contributed by atoms with Gasteiger partial charge in [0.2, 0.25) is 5.91 Å². The van der Waals surface area contributed by atoms with E-state index in [0.717, 1.165) is 45.3 Å². The highest BCUT2D eigenvalue weighted by molar-refractivity contribution is 5.76. The van der Waals surface area contributed by atoms with Gasteiger partial charge in [-0.2, -0.15) is 0 Å². The molecule has 0 aliphatic carbocycles. The predicted molar refractivity (Wildman–Crippen MR) is 62.6 cm³/mol. The van der Waals surface area contributed by atoms with Gasteiger partial charge in [-0.25, -0.2) is 0 Å². The van der Waals surface area contributed by atoms with Crippen LogP contribution < -0.4 is 5.73 Å². The van der Waals surface area contributed by atoms with E-state index in [-0.39, 0.29) is 0 Å². The molecule has 2 N–H and O–H groups in total. The van der Waals surface area contributed by atoms with Crippen molar-refractivity contribution in [2.45, 2.75) is 51.4 Å². The highest BCUT2D eigenvalue weighted by atomic mass is 16.2. The molecule has 0 radical (unpaired) electrons. The third-order valence-corrected chi connectivity index (χ3v) is 3.05. The summed E-state index contributed by atoms with van der Waals surface area (Å²) in [5, 5.41) is 0. The second-order valence-electron chi connectivity index (χ2n) is 4.39. The van der Waals surface area contributed by atoms with Crippen molar-refractivity contribution in [2.75, 3.05) is 19.6 Å². The number of hydrogen-bond donors (Lipinski definition) is 1. The normalized spacial score (nSPS) is 16.7. The Hall–Kier alpha value is -0.570. The van der Waals surface area contributed by atoms with Crippen molar-refractivity contribution in [1.82, 2.24) is 4.90 Å². The van der Waals surface area contributed by atoms with Crippen molar-refractivity contribution in [3.8, 4) is 0 Å². The molecule has 1 heterocycles. The molecule has 0 unspecified atom stereocenters. The zero-order valence-corrected chi connectivity index (χ0v) is 9.71. The van der Waals surface area contributed by atoms with Crippen molar-refractivity contribution in [1.29, 1.82) is 0 Å². The number of carbonyl (C=O) groups is 1. The molecule has 1 saturated heterocycles. The first-order valence-electron chi connectivity index (χ1n) is 6.32. The van der Waals surface area contributed by atoms with Gasteiger partial charge < -0.3 is 10.6 Å². The molecule has 3 nitrogen and oxygen atoms in total. The summed E-state index contributed by atoms with van der Waals surface area (Å²) in [7, 11) is 0. The molecule has 1 rings (SSSR count). The number of hydrogen-bond acceptors (Lipinski definition) is 2. The van der Waals surface area contributed by atoms with Gasteiger partial charge in [0.05, 0.1) is 0 Å². The van der Waals surface area contributed by atoms with Crippen LogP contribution in [-0.4, -0.2) is 30.4 Å². The highest BCUT2D eigenvalue weighted by Crippen LogP contribution is 2.11. The number of amides is 1. The van der Waals surface area contributed by atoms with Crippen molar-refractivity contribution in [2.24, 2.45) is 5.73 Å². The zero-order valence-electron chi connectivity index (χ0n) is 9.71. The SMILES string of the molecule is NCCCCCCC(=O)N1CCCCC1. The maximum atomic E-state index is 11.7. The summed E-state index contributed by atoms with van der Waals surface area (Å²) in [5.74, 6) is 0.363. The van der Waals surface area contributed by atoms with Crippen LogP contribution in [-0.2, 0) is 4.79 Å². The van der Waals surface area contributed by atoms with E-state index in [9.17, 15) is 4.79 Å². The van der Waals surface area contributed by atoms with E-state index in [0.29, 0.717) is 5.91 Å². The van der Waals surface area contributed by atoms with Gasteiger partial charge in [-0.1, -0.05) is 12.8 Å². The van der Waals surface area contributed by atoms with Crippen LogP contribution in [0.2, 0.25) is 0 Å². The van der Waals surface area contributed by atoms with Gasteiger partial charge in [0, 0.05) is 19.5 Å². The van der Waals surface area contributed by atoms with Crippen LogP contribution >= 0.6 is 0 Å². The van der Waals surface area contributed by atoms with Gasteiger partial charge in [-0.3, -0.25) is 4.79 Å². The summed E-state index contributed by atoms with van der Waals surface area (Å²) in [4.78, 5) is 13.8. The molecular formula is C12H24N2O. The number of nitrogens with two attached hydrogens (primary N) is 1. The molecule has 0 bridgehead atoms. The van der Waals surface area contributed by atoms with Crippen molar-refractivity contribution >= 4 is 5.91 Å². The molecule has 1 amide bonds. The van der Waals surface area contributed by atoms with E-state index in [2.05, 4.69) is 0 Å². The Morgan fingerprint density at radius 2 is 1.67 bits per heavy atom. The van der Waals surface area contributed by atoms with E-state index in [1.165, 1.54) is 25.7 Å². The molecule has 88 valence electrons. The van der Waals surface area contributed by atoms with Gasteiger partial charge in [0.1, 0.15) is 0 Å². The first kappa shape index (κ1) is 12.5. The van der Waals surface area contributed by atoms with Crippen LogP contribution in [0.25, 0.3) is 0 Å². The molecular weight excluding hydrogens is 188 g/mol. The summed E-state index contributed by atoms with van der Waals surface area (Å²) >= 11 is 0. The fourth-order valence-electron chi connectivity index (χ4n) is 2.08. The third-order valence-electron chi connectivity index (χ3n) is 3.05. The van der Waals surface area contributed by atoms with Crippen LogP contribution in [0, 0.1) is 0 Å². The maximum Gasteiger partial charge on any atom is 0.222 e. The van der Waals surface area contributed by atoms with E-state index in [1.807, 2.05) is 4.90 Å². The Labute approximate surface area is 93.0 Å². The second kappa shape index (κ2) is 7.69.